The van der Waals surface area contributed by atoms with Crippen LogP contribution in [0.4, 0.5) is 9.59 Å². The number of alkyl carbamates (subject to hydrolysis) is 2. The molecule has 0 unspecified atom stereocenters. The molecule has 14 nitrogen and oxygen atoms in total. The van der Waals surface area contributed by atoms with Crippen LogP contribution in [0.5, 0.6) is 0 Å². The van der Waals surface area contributed by atoms with Gasteiger partial charge in [0, 0.05) is 18.7 Å². The van der Waals surface area contributed by atoms with Crippen LogP contribution in [0.3, 0.4) is 0 Å². The molecule has 14 heteroatoms. The molecule has 2 saturated heterocycles. The van der Waals surface area contributed by atoms with Crippen LogP contribution < -0.4 is 10.6 Å². The number of likely N-dealkylation sites (tertiary alicyclic amines) is 2. The lowest BCUT2D eigenvalue weighted by Gasteiger charge is -2.30. The molecule has 4 N–H and O–H groups in total. The van der Waals surface area contributed by atoms with Crippen LogP contribution in [0, 0.1) is 25.7 Å². The smallest absolute Gasteiger partial charge is 0.407 e. The number of imidazole rings is 2. The standard InChI is InChI=1S/C46H56N8O6/c1-25(2)39(51-45(57)59-7)43(55)53-21-9-11-35(53)41-47-23-33(49-41)30-17-15-29(16-18-30)31-19-20-32(38-28(6)14-13-27(5)37(31)38)34-24-48-42(50-34)36-12-10-22-54(36)44(56)40(26(3)4)52-46(58)60-8/h13-20,23-26,35-36,39-40H,9-12,21-22H2,1-8H3,(H,47,49)(H,48,50)(H,51,57)(H,52,58)/t35-,36-,39-,40+/m0/s1. The Kier molecular flexibility index (Phi) is 12.3. The van der Waals surface area contributed by atoms with Gasteiger partial charge in [-0.2, -0.15) is 0 Å². The fourth-order valence-electron chi connectivity index (χ4n) is 8.81. The van der Waals surface area contributed by atoms with E-state index in [9.17, 15) is 19.2 Å². The maximum atomic E-state index is 13.8. The number of carbonyl (C=O) groups is 4. The molecule has 4 heterocycles. The molecule has 0 bridgehead atoms. The Morgan fingerprint density at radius 1 is 0.633 bits per heavy atom. The Labute approximate surface area is 350 Å². The number of H-pyrrole nitrogens is 2. The largest absolute Gasteiger partial charge is 0.453 e. The summed E-state index contributed by atoms with van der Waals surface area (Å²) in [6.45, 7) is 13.1. The number of aromatic amines is 2. The summed E-state index contributed by atoms with van der Waals surface area (Å²) in [6, 6.07) is 15.2. The van der Waals surface area contributed by atoms with E-state index >= 15 is 0 Å². The Balaban J connectivity index is 1.13. The lowest BCUT2D eigenvalue weighted by molar-refractivity contribution is -0.136. The van der Waals surface area contributed by atoms with Gasteiger partial charge >= 0.3 is 12.2 Å². The molecule has 60 heavy (non-hydrogen) atoms. The van der Waals surface area contributed by atoms with Gasteiger partial charge in [0.1, 0.15) is 23.7 Å². The zero-order valence-corrected chi connectivity index (χ0v) is 35.7. The predicted molar refractivity (Wildman–Crippen MR) is 230 cm³/mol. The van der Waals surface area contributed by atoms with Crippen molar-refractivity contribution in [3.8, 4) is 33.6 Å². The number of aryl methyl sites for hydroxylation is 2. The van der Waals surface area contributed by atoms with Gasteiger partial charge in [0.15, 0.2) is 0 Å². The van der Waals surface area contributed by atoms with Gasteiger partial charge < -0.3 is 39.9 Å². The summed E-state index contributed by atoms with van der Waals surface area (Å²) in [5.74, 6) is 0.921. The summed E-state index contributed by atoms with van der Waals surface area (Å²) >= 11 is 0. The first-order valence-corrected chi connectivity index (χ1v) is 20.8. The van der Waals surface area contributed by atoms with Crippen molar-refractivity contribution < 1.29 is 28.7 Å². The molecule has 2 aliphatic rings. The number of ether oxygens (including phenoxy) is 2. The van der Waals surface area contributed by atoms with Gasteiger partial charge in [0.25, 0.3) is 0 Å². The highest BCUT2D eigenvalue weighted by Crippen LogP contribution is 2.41. The number of nitrogens with one attached hydrogen (secondary N) is 4. The first-order chi connectivity index (χ1) is 28.8. The third-order valence-corrected chi connectivity index (χ3v) is 12.1. The lowest BCUT2D eigenvalue weighted by Crippen LogP contribution is -2.51. The fourth-order valence-corrected chi connectivity index (χ4v) is 8.81. The number of hydrogen-bond donors (Lipinski definition) is 4. The first kappa shape index (κ1) is 42.0. The molecule has 2 fully saturated rings. The average Bonchev–Trinajstić information content (AvgIpc) is 4.09. The number of carbonyl (C=O) groups excluding carboxylic acids is 4. The molecule has 0 saturated carbocycles. The van der Waals surface area contributed by atoms with E-state index in [1.54, 1.807) is 0 Å². The summed E-state index contributed by atoms with van der Waals surface area (Å²) in [5, 5.41) is 7.71. The van der Waals surface area contributed by atoms with Crippen LogP contribution >= 0.6 is 0 Å². The van der Waals surface area contributed by atoms with Gasteiger partial charge in [-0.05, 0) is 90.0 Å². The molecule has 0 aliphatic carbocycles. The van der Waals surface area contributed by atoms with E-state index in [1.807, 2.05) is 49.9 Å². The number of aromatic nitrogens is 4. The lowest BCUT2D eigenvalue weighted by atomic mass is 9.89. The summed E-state index contributed by atoms with van der Waals surface area (Å²) in [5.41, 5.74) is 8.19. The topological polar surface area (TPSA) is 175 Å². The molecule has 2 aliphatic heterocycles. The van der Waals surface area contributed by atoms with Crippen molar-refractivity contribution in [2.75, 3.05) is 27.3 Å². The second-order valence-corrected chi connectivity index (χ2v) is 16.6. The van der Waals surface area contributed by atoms with Crippen LogP contribution in [0.1, 0.15) is 88.2 Å². The van der Waals surface area contributed by atoms with Crippen LogP contribution in [0.25, 0.3) is 44.4 Å². The fraction of sp³-hybridized carbons (Fsp3) is 0.435. The normalized spacial score (nSPS) is 17.6. The maximum Gasteiger partial charge on any atom is 0.407 e. The molecule has 3 aromatic carbocycles. The minimum absolute atomic E-state index is 0.114. The molecule has 4 atom stereocenters. The second-order valence-electron chi connectivity index (χ2n) is 16.6. The summed E-state index contributed by atoms with van der Waals surface area (Å²) in [4.78, 5) is 71.8. The SMILES string of the molecule is COC(=O)N[C@H](C(=O)N1CCC[C@H]1c1ncc(-c2ccc(-c3ccc(-c4cnc([C@@H]5CCCN5C(=O)[C@H](NC(=O)OC)C(C)C)[nH]4)c4c(C)ccc(C)c34)cc2)[nH]1)C(C)C. The Hall–Kier alpha value is -6.18. The Morgan fingerprint density at radius 2 is 1.07 bits per heavy atom. The molecule has 5 aromatic rings. The summed E-state index contributed by atoms with van der Waals surface area (Å²) in [7, 11) is 2.59. The number of methoxy groups -OCH3 is 2. The van der Waals surface area contributed by atoms with Gasteiger partial charge in [0.2, 0.25) is 11.8 Å². The molecular formula is C46H56N8O6. The van der Waals surface area contributed by atoms with Crippen LogP contribution in [0.2, 0.25) is 0 Å². The van der Waals surface area contributed by atoms with Gasteiger partial charge in [-0.1, -0.05) is 76.2 Å². The van der Waals surface area contributed by atoms with Crippen molar-refractivity contribution >= 4 is 34.8 Å². The number of benzene rings is 3. The van der Waals surface area contributed by atoms with E-state index in [0.29, 0.717) is 13.1 Å². The summed E-state index contributed by atoms with van der Waals surface area (Å²) in [6.07, 6.45) is 5.64. The summed E-state index contributed by atoms with van der Waals surface area (Å²) < 4.78 is 9.59. The van der Waals surface area contributed by atoms with E-state index < -0.39 is 24.3 Å². The molecular weight excluding hydrogens is 761 g/mol. The number of amides is 4. The third-order valence-electron chi connectivity index (χ3n) is 12.1. The van der Waals surface area contributed by atoms with Gasteiger partial charge in [-0.25, -0.2) is 19.6 Å². The van der Waals surface area contributed by atoms with Gasteiger partial charge in [-0.3, -0.25) is 9.59 Å². The number of fused-ring (bicyclic) bond motifs is 1. The zero-order valence-electron chi connectivity index (χ0n) is 35.7. The Bertz CT molecular complexity index is 2380. The minimum atomic E-state index is -0.706. The van der Waals surface area contributed by atoms with Gasteiger partial charge in [0.05, 0.1) is 50.1 Å². The van der Waals surface area contributed by atoms with Crippen molar-refractivity contribution in [3.05, 3.63) is 83.7 Å². The molecule has 0 spiro atoms. The van der Waals surface area contributed by atoms with E-state index in [4.69, 9.17) is 19.4 Å². The van der Waals surface area contributed by atoms with E-state index in [0.717, 1.165) is 92.9 Å². The quantitative estimate of drug-likeness (QED) is 0.104. The number of nitrogens with zero attached hydrogens (tertiary/aromatic N) is 4. The van der Waals surface area contributed by atoms with Crippen molar-refractivity contribution in [1.29, 1.82) is 0 Å². The van der Waals surface area contributed by atoms with Crippen molar-refractivity contribution in [1.82, 2.24) is 40.4 Å². The van der Waals surface area contributed by atoms with Crippen molar-refractivity contribution in [3.63, 3.8) is 0 Å². The highest BCUT2D eigenvalue weighted by Gasteiger charge is 2.39. The van der Waals surface area contributed by atoms with E-state index in [2.05, 4.69) is 83.0 Å². The van der Waals surface area contributed by atoms with Crippen LogP contribution in [-0.2, 0) is 19.1 Å². The van der Waals surface area contributed by atoms with E-state index in [-0.39, 0.29) is 35.7 Å². The van der Waals surface area contributed by atoms with Crippen LogP contribution in [0.15, 0.2) is 60.9 Å². The van der Waals surface area contributed by atoms with Crippen molar-refractivity contribution in [2.24, 2.45) is 11.8 Å². The Morgan fingerprint density at radius 3 is 1.55 bits per heavy atom. The van der Waals surface area contributed by atoms with Crippen LogP contribution in [-0.4, -0.2) is 93.1 Å². The first-order valence-electron chi connectivity index (χ1n) is 20.8. The van der Waals surface area contributed by atoms with E-state index in [1.165, 1.54) is 14.2 Å². The zero-order chi connectivity index (χ0) is 42.8. The highest BCUT2D eigenvalue weighted by atomic mass is 16.5. The third kappa shape index (κ3) is 8.19. The minimum Gasteiger partial charge on any atom is -0.453 e. The van der Waals surface area contributed by atoms with Crippen molar-refractivity contribution in [2.45, 2.75) is 91.4 Å². The molecule has 2 aromatic heterocycles. The molecule has 7 rings (SSSR count). The number of rotatable bonds is 11. The molecule has 4 amide bonds. The predicted octanol–water partition coefficient (Wildman–Crippen LogP) is 7.99. The number of hydrogen-bond acceptors (Lipinski definition) is 8. The molecule has 316 valence electrons. The monoisotopic (exact) mass is 816 g/mol. The molecule has 0 radical (unpaired) electrons. The second kappa shape index (κ2) is 17.6. The van der Waals surface area contributed by atoms with Gasteiger partial charge in [-0.15, -0.1) is 0 Å². The highest BCUT2D eigenvalue weighted by molar-refractivity contribution is 6.07. The maximum absolute atomic E-state index is 13.8. The average molecular weight is 817 g/mol.